The summed E-state index contributed by atoms with van der Waals surface area (Å²) in [5, 5.41) is 14.1. The van der Waals surface area contributed by atoms with Crippen molar-refractivity contribution >= 4 is 17.5 Å². The Kier molecular flexibility index (Phi) is 6.24. The van der Waals surface area contributed by atoms with E-state index in [1.807, 2.05) is 6.07 Å². The van der Waals surface area contributed by atoms with Crippen LogP contribution in [0.4, 0.5) is 5.69 Å². The van der Waals surface area contributed by atoms with Crippen LogP contribution in [0.25, 0.3) is 0 Å². The molecule has 0 unspecified atom stereocenters. The zero-order chi connectivity index (χ0) is 15.0. The van der Waals surface area contributed by atoms with Crippen molar-refractivity contribution in [3.8, 4) is 6.07 Å². The highest BCUT2D eigenvalue weighted by molar-refractivity contribution is 6.03. The van der Waals surface area contributed by atoms with Crippen LogP contribution in [-0.2, 0) is 9.59 Å². The summed E-state index contributed by atoms with van der Waals surface area (Å²) in [5.41, 5.74) is 0.980. The van der Waals surface area contributed by atoms with Gasteiger partial charge in [0.05, 0.1) is 11.6 Å². The molecule has 1 aromatic rings. The maximum absolute atomic E-state index is 11.7. The average molecular weight is 273 g/mol. The number of amides is 2. The van der Waals surface area contributed by atoms with Crippen LogP contribution < -0.4 is 10.6 Å². The van der Waals surface area contributed by atoms with Crippen molar-refractivity contribution in [2.75, 3.05) is 11.9 Å². The number of hydrogen-bond donors (Lipinski definition) is 2. The Hall–Kier alpha value is -2.35. The minimum Gasteiger partial charge on any atom is -0.356 e. The van der Waals surface area contributed by atoms with Crippen LogP contribution in [0, 0.1) is 17.2 Å². The van der Waals surface area contributed by atoms with E-state index in [0.717, 1.165) is 6.42 Å². The van der Waals surface area contributed by atoms with Crippen molar-refractivity contribution in [1.82, 2.24) is 5.32 Å². The van der Waals surface area contributed by atoms with Crippen LogP contribution in [0.5, 0.6) is 0 Å². The Morgan fingerprint density at radius 2 is 2.05 bits per heavy atom. The Morgan fingerprint density at radius 1 is 1.30 bits per heavy atom. The Morgan fingerprint density at radius 3 is 2.70 bits per heavy atom. The summed E-state index contributed by atoms with van der Waals surface area (Å²) in [5.74, 6) is -0.167. The number of nitriles is 1. The van der Waals surface area contributed by atoms with Gasteiger partial charge in [-0.3, -0.25) is 9.59 Å². The monoisotopic (exact) mass is 273 g/mol. The highest BCUT2D eigenvalue weighted by atomic mass is 16.2. The molecule has 0 atom stereocenters. The number of nitrogens with zero attached hydrogens (tertiary/aromatic N) is 1. The van der Waals surface area contributed by atoms with Gasteiger partial charge in [-0.1, -0.05) is 19.9 Å². The second-order valence-corrected chi connectivity index (χ2v) is 4.95. The standard InChI is InChI=1S/C15H19N3O2/c1-11(2)6-7-17-14(19)9-15(20)18-13-5-3-4-12(8-13)10-16/h3-5,8,11H,6-7,9H2,1-2H3,(H,17,19)(H,18,20). The van der Waals surface area contributed by atoms with Crippen molar-refractivity contribution in [1.29, 1.82) is 5.26 Å². The minimum atomic E-state index is -0.387. The van der Waals surface area contributed by atoms with Gasteiger partial charge in [0.15, 0.2) is 0 Å². The lowest BCUT2D eigenvalue weighted by Crippen LogP contribution is -2.29. The molecule has 0 aliphatic carbocycles. The molecule has 0 radical (unpaired) electrons. The van der Waals surface area contributed by atoms with Crippen molar-refractivity contribution in [2.45, 2.75) is 26.7 Å². The second kappa shape index (κ2) is 7.95. The average Bonchev–Trinajstić information content (AvgIpc) is 2.38. The summed E-state index contributed by atoms with van der Waals surface area (Å²) in [6, 6.07) is 8.55. The second-order valence-electron chi connectivity index (χ2n) is 4.95. The first kappa shape index (κ1) is 15.7. The van der Waals surface area contributed by atoms with Crippen molar-refractivity contribution < 1.29 is 9.59 Å². The van der Waals surface area contributed by atoms with Crippen LogP contribution in [0.15, 0.2) is 24.3 Å². The third-order valence-electron chi connectivity index (χ3n) is 2.64. The van der Waals surface area contributed by atoms with E-state index in [0.29, 0.717) is 23.7 Å². The van der Waals surface area contributed by atoms with Gasteiger partial charge in [-0.15, -0.1) is 0 Å². The van der Waals surface area contributed by atoms with Gasteiger partial charge in [-0.05, 0) is 30.5 Å². The van der Waals surface area contributed by atoms with E-state index >= 15 is 0 Å². The number of carbonyl (C=O) groups is 2. The van der Waals surface area contributed by atoms with E-state index in [-0.39, 0.29) is 18.2 Å². The zero-order valence-corrected chi connectivity index (χ0v) is 11.8. The van der Waals surface area contributed by atoms with Crippen LogP contribution in [-0.4, -0.2) is 18.4 Å². The third-order valence-corrected chi connectivity index (χ3v) is 2.64. The molecular weight excluding hydrogens is 254 g/mol. The Bertz CT molecular complexity index is 518. The number of hydrogen-bond acceptors (Lipinski definition) is 3. The van der Waals surface area contributed by atoms with Gasteiger partial charge in [0.25, 0.3) is 0 Å². The van der Waals surface area contributed by atoms with Crippen LogP contribution >= 0.6 is 0 Å². The molecule has 0 heterocycles. The first-order valence-electron chi connectivity index (χ1n) is 6.58. The molecule has 2 amide bonds. The summed E-state index contributed by atoms with van der Waals surface area (Å²) in [6.45, 7) is 4.72. The predicted octanol–water partition coefficient (Wildman–Crippen LogP) is 2.05. The van der Waals surface area contributed by atoms with Gasteiger partial charge >= 0.3 is 0 Å². The predicted molar refractivity (Wildman–Crippen MR) is 76.9 cm³/mol. The molecule has 0 aliphatic heterocycles. The van der Waals surface area contributed by atoms with Crippen molar-refractivity contribution in [3.05, 3.63) is 29.8 Å². The van der Waals surface area contributed by atoms with Gasteiger partial charge in [0.2, 0.25) is 11.8 Å². The Balaban J connectivity index is 2.39. The molecule has 0 bridgehead atoms. The normalized spacial score (nSPS) is 9.90. The molecule has 2 N–H and O–H groups in total. The fourth-order valence-corrected chi connectivity index (χ4v) is 1.58. The molecule has 0 aromatic heterocycles. The van der Waals surface area contributed by atoms with Crippen molar-refractivity contribution in [3.63, 3.8) is 0 Å². The third kappa shape index (κ3) is 6.01. The van der Waals surface area contributed by atoms with E-state index in [2.05, 4.69) is 24.5 Å². The molecule has 0 fully saturated rings. The summed E-state index contributed by atoms with van der Waals surface area (Å²) in [6.07, 6.45) is 0.673. The summed E-state index contributed by atoms with van der Waals surface area (Å²) < 4.78 is 0. The molecule has 1 aromatic carbocycles. The zero-order valence-electron chi connectivity index (χ0n) is 11.8. The number of benzene rings is 1. The number of nitrogens with one attached hydrogen (secondary N) is 2. The van der Waals surface area contributed by atoms with E-state index in [1.165, 1.54) is 0 Å². The summed E-state index contributed by atoms with van der Waals surface area (Å²) >= 11 is 0. The molecule has 5 heteroatoms. The van der Waals surface area contributed by atoms with Gasteiger partial charge in [-0.25, -0.2) is 0 Å². The molecule has 1 rings (SSSR count). The van der Waals surface area contributed by atoms with Gasteiger partial charge < -0.3 is 10.6 Å². The first-order chi connectivity index (χ1) is 9.51. The fourth-order valence-electron chi connectivity index (χ4n) is 1.58. The van der Waals surface area contributed by atoms with Crippen LogP contribution in [0.3, 0.4) is 0 Å². The Labute approximate surface area is 119 Å². The number of carbonyl (C=O) groups excluding carboxylic acids is 2. The topological polar surface area (TPSA) is 82.0 Å². The molecule has 20 heavy (non-hydrogen) atoms. The van der Waals surface area contributed by atoms with E-state index in [9.17, 15) is 9.59 Å². The highest BCUT2D eigenvalue weighted by Gasteiger charge is 2.09. The SMILES string of the molecule is CC(C)CCNC(=O)CC(=O)Nc1cccc(C#N)c1. The molecule has 5 nitrogen and oxygen atoms in total. The lowest BCUT2D eigenvalue weighted by molar-refractivity contribution is -0.126. The molecule has 106 valence electrons. The summed E-state index contributed by atoms with van der Waals surface area (Å²) in [4.78, 5) is 23.2. The quantitative estimate of drug-likeness (QED) is 0.778. The minimum absolute atomic E-state index is 0.213. The smallest absolute Gasteiger partial charge is 0.233 e. The van der Waals surface area contributed by atoms with Gasteiger partial charge in [0, 0.05) is 12.2 Å². The molecule has 0 saturated heterocycles. The van der Waals surface area contributed by atoms with Crippen LogP contribution in [0.1, 0.15) is 32.3 Å². The number of anilines is 1. The lowest BCUT2D eigenvalue weighted by atomic mass is 10.1. The maximum atomic E-state index is 11.7. The van der Waals surface area contributed by atoms with Crippen LogP contribution in [0.2, 0.25) is 0 Å². The van der Waals surface area contributed by atoms with E-state index in [4.69, 9.17) is 5.26 Å². The van der Waals surface area contributed by atoms with Gasteiger partial charge in [-0.2, -0.15) is 5.26 Å². The molecule has 0 spiro atoms. The van der Waals surface area contributed by atoms with Gasteiger partial charge in [0.1, 0.15) is 6.42 Å². The molecule has 0 aliphatic rings. The highest BCUT2D eigenvalue weighted by Crippen LogP contribution is 2.09. The van der Waals surface area contributed by atoms with E-state index < -0.39 is 0 Å². The van der Waals surface area contributed by atoms with Crippen molar-refractivity contribution in [2.24, 2.45) is 5.92 Å². The number of rotatable bonds is 6. The lowest BCUT2D eigenvalue weighted by Gasteiger charge is -2.08. The molecule has 0 saturated carbocycles. The molecular formula is C15H19N3O2. The first-order valence-corrected chi connectivity index (χ1v) is 6.58. The fraction of sp³-hybridized carbons (Fsp3) is 0.400. The maximum Gasteiger partial charge on any atom is 0.233 e. The summed E-state index contributed by atoms with van der Waals surface area (Å²) in [7, 11) is 0. The largest absolute Gasteiger partial charge is 0.356 e. The van der Waals surface area contributed by atoms with E-state index in [1.54, 1.807) is 24.3 Å².